The van der Waals surface area contributed by atoms with Crippen LogP contribution in [0.5, 0.6) is 0 Å². The Hall–Kier alpha value is -2.22. The number of ether oxygens (including phenoxy) is 1. The molecule has 2 atom stereocenters. The van der Waals surface area contributed by atoms with Crippen molar-refractivity contribution in [2.45, 2.75) is 51.7 Å². The normalized spacial score (nSPS) is 20.4. The van der Waals surface area contributed by atoms with Crippen LogP contribution in [0.1, 0.15) is 40.9 Å². The summed E-state index contributed by atoms with van der Waals surface area (Å²) in [6, 6.07) is 10.1. The molecule has 29 heavy (non-hydrogen) atoms. The zero-order valence-electron chi connectivity index (χ0n) is 17.5. The highest BCUT2D eigenvalue weighted by Gasteiger charge is 2.32. The summed E-state index contributed by atoms with van der Waals surface area (Å²) < 4.78 is 32.9. The quantitative estimate of drug-likeness (QED) is 0.825. The van der Waals surface area contributed by atoms with Crippen molar-refractivity contribution in [2.75, 3.05) is 18.4 Å². The molecule has 2 aromatic rings. The van der Waals surface area contributed by atoms with Gasteiger partial charge in [-0.3, -0.25) is 4.79 Å². The van der Waals surface area contributed by atoms with Gasteiger partial charge in [-0.2, -0.15) is 4.31 Å². The van der Waals surface area contributed by atoms with Crippen molar-refractivity contribution in [1.29, 1.82) is 0 Å². The Labute approximate surface area is 172 Å². The summed E-state index contributed by atoms with van der Waals surface area (Å²) in [5.74, 6) is -0.266. The second-order valence-electron chi connectivity index (χ2n) is 7.83. The van der Waals surface area contributed by atoms with E-state index < -0.39 is 10.0 Å². The summed E-state index contributed by atoms with van der Waals surface area (Å²) in [6.07, 6.45) is -0.306. The van der Waals surface area contributed by atoms with E-state index >= 15 is 0 Å². The number of rotatable bonds is 4. The van der Waals surface area contributed by atoms with Gasteiger partial charge in [0.15, 0.2) is 0 Å². The van der Waals surface area contributed by atoms with Gasteiger partial charge in [-0.15, -0.1) is 0 Å². The largest absolute Gasteiger partial charge is 0.373 e. The number of hydrogen-bond donors (Lipinski definition) is 1. The van der Waals surface area contributed by atoms with Crippen LogP contribution >= 0.6 is 0 Å². The summed E-state index contributed by atoms with van der Waals surface area (Å²) in [5.41, 5.74) is 4.32. The molecule has 2 aromatic carbocycles. The number of carbonyl (C=O) groups excluding carboxylic acids is 1. The molecule has 0 aliphatic carbocycles. The molecule has 0 saturated carbocycles. The number of hydrogen-bond acceptors (Lipinski definition) is 4. The first-order valence-corrected chi connectivity index (χ1v) is 11.2. The average Bonchev–Trinajstić information content (AvgIpc) is 2.63. The van der Waals surface area contributed by atoms with E-state index in [2.05, 4.69) is 5.32 Å². The third kappa shape index (κ3) is 4.69. The van der Waals surface area contributed by atoms with Gasteiger partial charge in [0.1, 0.15) is 0 Å². The standard InChI is InChI=1S/C22H28N2O4S/c1-14-10-15(2)21(16(3)11-14)23-22(25)19-6-8-20(9-7-19)29(26,27)24-12-17(4)28-18(5)13-24/h6-11,17-18H,12-13H2,1-5H3,(H,23,25)/t17-,18+. The fourth-order valence-corrected chi connectivity index (χ4v) is 5.41. The summed E-state index contributed by atoms with van der Waals surface area (Å²) in [5, 5.41) is 2.94. The molecule has 0 radical (unpaired) electrons. The third-order valence-corrected chi connectivity index (χ3v) is 6.90. The van der Waals surface area contributed by atoms with Crippen molar-refractivity contribution in [2.24, 2.45) is 0 Å². The molecule has 6 nitrogen and oxygen atoms in total. The molecule has 156 valence electrons. The molecular weight excluding hydrogens is 388 g/mol. The second kappa shape index (κ2) is 8.26. The van der Waals surface area contributed by atoms with Crippen LogP contribution < -0.4 is 5.32 Å². The first-order valence-electron chi connectivity index (χ1n) is 9.73. The van der Waals surface area contributed by atoms with Crippen molar-refractivity contribution in [1.82, 2.24) is 4.31 Å². The van der Waals surface area contributed by atoms with Crippen LogP contribution in [-0.4, -0.2) is 43.9 Å². The molecular formula is C22H28N2O4S. The maximum absolute atomic E-state index is 12.9. The number of morpholine rings is 1. The molecule has 1 aliphatic heterocycles. The summed E-state index contributed by atoms with van der Waals surface area (Å²) in [4.78, 5) is 12.8. The molecule has 0 bridgehead atoms. The van der Waals surface area contributed by atoms with Gasteiger partial charge in [-0.05, 0) is 70.0 Å². The summed E-state index contributed by atoms with van der Waals surface area (Å²) in [6.45, 7) is 10.3. The fourth-order valence-electron chi connectivity index (χ4n) is 3.82. The van der Waals surface area contributed by atoms with E-state index in [4.69, 9.17) is 4.74 Å². The summed E-state index contributed by atoms with van der Waals surface area (Å²) in [7, 11) is -3.63. The Morgan fingerprint density at radius 2 is 1.52 bits per heavy atom. The zero-order valence-corrected chi connectivity index (χ0v) is 18.3. The minimum atomic E-state index is -3.63. The number of aryl methyl sites for hydroxylation is 3. The molecule has 0 unspecified atom stereocenters. The minimum absolute atomic E-state index is 0.153. The number of nitrogens with zero attached hydrogens (tertiary/aromatic N) is 1. The molecule has 1 aliphatic rings. The SMILES string of the molecule is Cc1cc(C)c(NC(=O)c2ccc(S(=O)(=O)N3C[C@@H](C)O[C@@H](C)C3)cc2)c(C)c1. The van der Waals surface area contributed by atoms with Gasteiger partial charge in [-0.25, -0.2) is 8.42 Å². The highest BCUT2D eigenvalue weighted by atomic mass is 32.2. The molecule has 0 aromatic heterocycles. The lowest BCUT2D eigenvalue weighted by Crippen LogP contribution is -2.48. The molecule has 1 heterocycles. The number of amides is 1. The van der Waals surface area contributed by atoms with E-state index in [0.29, 0.717) is 18.7 Å². The number of nitrogens with one attached hydrogen (secondary N) is 1. The van der Waals surface area contributed by atoms with E-state index in [0.717, 1.165) is 22.4 Å². The van der Waals surface area contributed by atoms with E-state index in [1.54, 1.807) is 12.1 Å². The second-order valence-corrected chi connectivity index (χ2v) is 9.77. The van der Waals surface area contributed by atoms with E-state index in [-0.39, 0.29) is 23.0 Å². The molecule has 1 N–H and O–H groups in total. The van der Waals surface area contributed by atoms with Crippen LogP contribution in [0.25, 0.3) is 0 Å². The van der Waals surface area contributed by atoms with Gasteiger partial charge < -0.3 is 10.1 Å². The molecule has 7 heteroatoms. The molecule has 1 saturated heterocycles. The lowest BCUT2D eigenvalue weighted by molar-refractivity contribution is -0.0440. The van der Waals surface area contributed by atoms with Crippen LogP contribution in [0.15, 0.2) is 41.3 Å². The van der Waals surface area contributed by atoms with E-state index in [1.807, 2.05) is 46.8 Å². The van der Waals surface area contributed by atoms with E-state index in [9.17, 15) is 13.2 Å². The van der Waals surface area contributed by atoms with Crippen molar-refractivity contribution in [3.8, 4) is 0 Å². The first-order chi connectivity index (χ1) is 13.6. The van der Waals surface area contributed by atoms with Crippen LogP contribution in [0.2, 0.25) is 0 Å². The van der Waals surface area contributed by atoms with E-state index in [1.165, 1.54) is 16.4 Å². The van der Waals surface area contributed by atoms with Crippen molar-refractivity contribution in [3.05, 3.63) is 58.7 Å². The molecule has 0 spiro atoms. The lowest BCUT2D eigenvalue weighted by atomic mass is 10.0. The molecule has 1 fully saturated rings. The van der Waals surface area contributed by atoms with Gasteiger partial charge in [0.05, 0.1) is 17.1 Å². The van der Waals surface area contributed by atoms with Gasteiger partial charge in [0, 0.05) is 24.3 Å². The number of benzene rings is 2. The average molecular weight is 417 g/mol. The third-order valence-electron chi connectivity index (χ3n) is 5.06. The maximum Gasteiger partial charge on any atom is 0.255 e. The van der Waals surface area contributed by atoms with Gasteiger partial charge in [0.2, 0.25) is 10.0 Å². The Kier molecular flexibility index (Phi) is 6.12. The van der Waals surface area contributed by atoms with Crippen LogP contribution in [0.4, 0.5) is 5.69 Å². The highest BCUT2D eigenvalue weighted by Crippen LogP contribution is 2.24. The van der Waals surface area contributed by atoms with Crippen LogP contribution in [0.3, 0.4) is 0 Å². The monoisotopic (exact) mass is 416 g/mol. The number of sulfonamides is 1. The topological polar surface area (TPSA) is 75.7 Å². The first kappa shape index (κ1) is 21.5. The predicted molar refractivity (Wildman–Crippen MR) is 114 cm³/mol. The molecule has 1 amide bonds. The van der Waals surface area contributed by atoms with Crippen LogP contribution in [-0.2, 0) is 14.8 Å². The summed E-state index contributed by atoms with van der Waals surface area (Å²) >= 11 is 0. The minimum Gasteiger partial charge on any atom is -0.373 e. The molecule has 3 rings (SSSR count). The fraction of sp³-hybridized carbons (Fsp3) is 0.409. The van der Waals surface area contributed by atoms with Gasteiger partial charge in [0.25, 0.3) is 5.91 Å². The highest BCUT2D eigenvalue weighted by molar-refractivity contribution is 7.89. The Morgan fingerprint density at radius 1 is 1.00 bits per heavy atom. The zero-order chi connectivity index (χ0) is 21.3. The maximum atomic E-state index is 12.9. The number of carbonyl (C=O) groups is 1. The van der Waals surface area contributed by atoms with Gasteiger partial charge in [-0.1, -0.05) is 17.7 Å². The van der Waals surface area contributed by atoms with Gasteiger partial charge >= 0.3 is 0 Å². The Bertz CT molecular complexity index is 983. The smallest absolute Gasteiger partial charge is 0.255 e. The Balaban J connectivity index is 1.78. The van der Waals surface area contributed by atoms with Crippen molar-refractivity contribution >= 4 is 21.6 Å². The Morgan fingerprint density at radius 3 is 2.03 bits per heavy atom. The van der Waals surface area contributed by atoms with Crippen molar-refractivity contribution in [3.63, 3.8) is 0 Å². The van der Waals surface area contributed by atoms with Crippen molar-refractivity contribution < 1.29 is 17.9 Å². The van der Waals surface area contributed by atoms with Crippen LogP contribution in [0, 0.1) is 20.8 Å². The lowest BCUT2D eigenvalue weighted by Gasteiger charge is -2.34. The predicted octanol–water partition coefficient (Wildman–Crippen LogP) is 3.66. The number of anilines is 1.